The summed E-state index contributed by atoms with van der Waals surface area (Å²) in [7, 11) is 4.28. The lowest BCUT2D eigenvalue weighted by Crippen LogP contribution is -2.42. The van der Waals surface area contributed by atoms with Crippen LogP contribution in [-0.4, -0.2) is 69.1 Å². The molecule has 102 valence electrons. The van der Waals surface area contributed by atoms with Crippen molar-refractivity contribution in [2.24, 2.45) is 0 Å². The summed E-state index contributed by atoms with van der Waals surface area (Å²) in [6.45, 7) is 8.69. The van der Waals surface area contributed by atoms with E-state index in [2.05, 4.69) is 23.9 Å². The quantitative estimate of drug-likeness (QED) is 0.603. The number of ether oxygens (including phenoxy) is 2. The molecule has 0 bridgehead atoms. The zero-order valence-electron chi connectivity index (χ0n) is 11.8. The Morgan fingerprint density at radius 3 is 2.41 bits per heavy atom. The molecule has 0 radical (unpaired) electrons. The summed E-state index contributed by atoms with van der Waals surface area (Å²) in [5, 5.41) is 0. The SMILES string of the molecule is CCOC(CN1CCCC1CN(C)C)OCC. The van der Waals surface area contributed by atoms with Gasteiger partial charge in [-0.25, -0.2) is 0 Å². The molecule has 4 nitrogen and oxygen atoms in total. The van der Waals surface area contributed by atoms with Gasteiger partial charge < -0.3 is 14.4 Å². The van der Waals surface area contributed by atoms with Crippen LogP contribution in [0.4, 0.5) is 0 Å². The van der Waals surface area contributed by atoms with Crippen LogP contribution >= 0.6 is 0 Å². The van der Waals surface area contributed by atoms with E-state index >= 15 is 0 Å². The summed E-state index contributed by atoms with van der Waals surface area (Å²) in [5.74, 6) is 0. The van der Waals surface area contributed by atoms with Gasteiger partial charge in [0, 0.05) is 32.3 Å². The fraction of sp³-hybridized carbons (Fsp3) is 1.00. The van der Waals surface area contributed by atoms with Crippen LogP contribution in [0.5, 0.6) is 0 Å². The Bertz CT molecular complexity index is 194. The minimum Gasteiger partial charge on any atom is -0.352 e. The lowest BCUT2D eigenvalue weighted by atomic mass is 10.2. The van der Waals surface area contributed by atoms with Crippen molar-refractivity contribution in [3.05, 3.63) is 0 Å². The fourth-order valence-electron chi connectivity index (χ4n) is 2.48. The van der Waals surface area contributed by atoms with Crippen molar-refractivity contribution in [1.29, 1.82) is 0 Å². The van der Waals surface area contributed by atoms with Crippen LogP contribution in [-0.2, 0) is 9.47 Å². The van der Waals surface area contributed by atoms with E-state index in [1.54, 1.807) is 0 Å². The van der Waals surface area contributed by atoms with Gasteiger partial charge in [-0.2, -0.15) is 0 Å². The van der Waals surface area contributed by atoms with Crippen LogP contribution in [0.3, 0.4) is 0 Å². The summed E-state index contributed by atoms with van der Waals surface area (Å²) >= 11 is 0. The number of hydrogen-bond acceptors (Lipinski definition) is 4. The molecule has 0 aromatic rings. The molecule has 1 aliphatic rings. The van der Waals surface area contributed by atoms with Crippen molar-refractivity contribution in [1.82, 2.24) is 9.80 Å². The first-order valence-corrected chi connectivity index (χ1v) is 6.79. The maximum atomic E-state index is 5.62. The summed E-state index contributed by atoms with van der Waals surface area (Å²) in [5.41, 5.74) is 0. The molecule has 4 heteroatoms. The molecule has 17 heavy (non-hydrogen) atoms. The first kappa shape index (κ1) is 14.9. The van der Waals surface area contributed by atoms with Crippen LogP contribution in [0.25, 0.3) is 0 Å². The zero-order chi connectivity index (χ0) is 12.7. The molecule has 0 aliphatic carbocycles. The van der Waals surface area contributed by atoms with Gasteiger partial charge in [0.25, 0.3) is 0 Å². The van der Waals surface area contributed by atoms with Gasteiger partial charge in [-0.05, 0) is 47.3 Å². The Balaban J connectivity index is 2.40. The maximum Gasteiger partial charge on any atom is 0.170 e. The lowest BCUT2D eigenvalue weighted by Gasteiger charge is -2.30. The zero-order valence-corrected chi connectivity index (χ0v) is 11.8. The molecule has 0 spiro atoms. The number of rotatable bonds is 8. The number of likely N-dealkylation sites (tertiary alicyclic amines) is 1. The van der Waals surface area contributed by atoms with Crippen molar-refractivity contribution in [2.75, 3.05) is 46.9 Å². The summed E-state index contributed by atoms with van der Waals surface area (Å²) < 4.78 is 11.2. The summed E-state index contributed by atoms with van der Waals surface area (Å²) in [6, 6.07) is 0.661. The summed E-state index contributed by atoms with van der Waals surface area (Å²) in [4.78, 5) is 4.77. The molecule has 1 heterocycles. The average Bonchev–Trinajstić information content (AvgIpc) is 2.65. The molecular weight excluding hydrogens is 216 g/mol. The molecule has 1 saturated heterocycles. The van der Waals surface area contributed by atoms with E-state index in [1.807, 2.05) is 13.8 Å². The molecule has 0 N–H and O–H groups in total. The van der Waals surface area contributed by atoms with Crippen LogP contribution in [0.1, 0.15) is 26.7 Å². The highest BCUT2D eigenvalue weighted by Gasteiger charge is 2.27. The Labute approximate surface area is 106 Å². The van der Waals surface area contributed by atoms with E-state index in [-0.39, 0.29) is 6.29 Å². The number of hydrogen-bond donors (Lipinski definition) is 0. The van der Waals surface area contributed by atoms with Crippen molar-refractivity contribution in [3.63, 3.8) is 0 Å². The van der Waals surface area contributed by atoms with Crippen molar-refractivity contribution in [3.8, 4) is 0 Å². The van der Waals surface area contributed by atoms with Crippen molar-refractivity contribution >= 4 is 0 Å². The number of nitrogens with zero attached hydrogens (tertiary/aromatic N) is 2. The van der Waals surface area contributed by atoms with Crippen LogP contribution in [0, 0.1) is 0 Å². The molecular formula is C13H28N2O2. The van der Waals surface area contributed by atoms with Gasteiger partial charge in [-0.3, -0.25) is 4.90 Å². The van der Waals surface area contributed by atoms with Gasteiger partial charge in [0.15, 0.2) is 6.29 Å². The third-order valence-corrected chi connectivity index (χ3v) is 3.16. The molecule has 1 rings (SSSR count). The second-order valence-corrected chi connectivity index (χ2v) is 4.89. The Hall–Kier alpha value is -0.160. The molecule has 0 saturated carbocycles. The molecule has 1 atom stereocenters. The van der Waals surface area contributed by atoms with E-state index in [0.717, 1.165) is 26.3 Å². The first-order chi connectivity index (χ1) is 8.17. The first-order valence-electron chi connectivity index (χ1n) is 6.79. The maximum absolute atomic E-state index is 5.62. The van der Waals surface area contributed by atoms with Crippen LogP contribution in [0.15, 0.2) is 0 Å². The third-order valence-electron chi connectivity index (χ3n) is 3.16. The molecule has 0 aromatic carbocycles. The second-order valence-electron chi connectivity index (χ2n) is 4.89. The number of likely N-dealkylation sites (N-methyl/N-ethyl adjacent to an activating group) is 1. The highest BCUT2D eigenvalue weighted by atomic mass is 16.7. The van der Waals surface area contributed by atoms with Crippen LogP contribution < -0.4 is 0 Å². The van der Waals surface area contributed by atoms with E-state index < -0.39 is 0 Å². The molecule has 1 fully saturated rings. The smallest absolute Gasteiger partial charge is 0.170 e. The lowest BCUT2D eigenvalue weighted by molar-refractivity contribution is -0.148. The third kappa shape index (κ3) is 5.34. The molecule has 0 aromatic heterocycles. The molecule has 1 aliphatic heterocycles. The van der Waals surface area contributed by atoms with E-state index in [9.17, 15) is 0 Å². The van der Waals surface area contributed by atoms with E-state index in [0.29, 0.717) is 6.04 Å². The molecule has 0 amide bonds. The van der Waals surface area contributed by atoms with Gasteiger partial charge in [-0.1, -0.05) is 0 Å². The second kappa shape index (κ2) is 8.03. The van der Waals surface area contributed by atoms with Crippen molar-refractivity contribution < 1.29 is 9.47 Å². The largest absolute Gasteiger partial charge is 0.352 e. The fourth-order valence-corrected chi connectivity index (χ4v) is 2.48. The van der Waals surface area contributed by atoms with Gasteiger partial charge in [0.05, 0.1) is 0 Å². The van der Waals surface area contributed by atoms with Gasteiger partial charge in [-0.15, -0.1) is 0 Å². The monoisotopic (exact) mass is 244 g/mol. The predicted molar refractivity (Wildman–Crippen MR) is 70.2 cm³/mol. The minimum atomic E-state index is -0.0623. The topological polar surface area (TPSA) is 24.9 Å². The highest BCUT2D eigenvalue weighted by Crippen LogP contribution is 2.18. The standard InChI is InChI=1S/C13H28N2O2/c1-5-16-13(17-6-2)11-15-9-7-8-12(15)10-14(3)4/h12-13H,5-11H2,1-4H3. The Morgan fingerprint density at radius 1 is 1.24 bits per heavy atom. The van der Waals surface area contributed by atoms with Gasteiger partial charge in [0.1, 0.15) is 0 Å². The van der Waals surface area contributed by atoms with E-state index in [4.69, 9.17) is 9.47 Å². The van der Waals surface area contributed by atoms with Gasteiger partial charge in [0.2, 0.25) is 0 Å². The Kier molecular flexibility index (Phi) is 7.04. The predicted octanol–water partition coefficient (Wildman–Crippen LogP) is 1.41. The van der Waals surface area contributed by atoms with Crippen molar-refractivity contribution in [2.45, 2.75) is 39.0 Å². The van der Waals surface area contributed by atoms with E-state index in [1.165, 1.54) is 19.4 Å². The van der Waals surface area contributed by atoms with Crippen LogP contribution in [0.2, 0.25) is 0 Å². The normalized spacial score (nSPS) is 21.9. The van der Waals surface area contributed by atoms with Gasteiger partial charge >= 0.3 is 0 Å². The molecule has 1 unspecified atom stereocenters. The highest BCUT2D eigenvalue weighted by molar-refractivity contribution is 4.81. The minimum absolute atomic E-state index is 0.0623. The summed E-state index contributed by atoms with van der Waals surface area (Å²) in [6.07, 6.45) is 2.53. The average molecular weight is 244 g/mol. The Morgan fingerprint density at radius 2 is 1.88 bits per heavy atom.